The van der Waals surface area contributed by atoms with Crippen molar-refractivity contribution in [3.8, 4) is 0 Å². The first-order valence-corrected chi connectivity index (χ1v) is 7.76. The predicted octanol–water partition coefficient (Wildman–Crippen LogP) is 2.62. The number of aromatic carboxylic acids is 1. The van der Waals surface area contributed by atoms with Gasteiger partial charge < -0.3 is 10.0 Å². The summed E-state index contributed by atoms with van der Waals surface area (Å²) in [5.74, 6) is -1.17. The zero-order chi connectivity index (χ0) is 17.1. The summed E-state index contributed by atoms with van der Waals surface area (Å²) >= 11 is 0. The Hall–Kier alpha value is -2.76. The highest BCUT2D eigenvalue weighted by Gasteiger charge is 2.27. The third-order valence-corrected chi connectivity index (χ3v) is 4.24. The smallest absolute Gasteiger partial charge is 0.354 e. The molecule has 1 aromatic carbocycles. The molecule has 1 atom stereocenters. The molecule has 1 fully saturated rings. The topological polar surface area (TPSA) is 70.5 Å². The van der Waals surface area contributed by atoms with Crippen LogP contribution in [0.3, 0.4) is 0 Å². The molecule has 0 aliphatic carbocycles. The second kappa shape index (κ2) is 6.78. The number of aromatic nitrogens is 1. The van der Waals surface area contributed by atoms with E-state index >= 15 is 0 Å². The standard InChI is InChI=1S/C18H17FN2O3/c19-15-4-1-12(2-5-15)9-13-7-8-21(11-13)17(22)14-3-6-16(18(23)24)20-10-14/h1-6,10,13H,7-9,11H2,(H,23,24)/t13-/m1/s1. The van der Waals surface area contributed by atoms with Gasteiger partial charge in [-0.1, -0.05) is 12.1 Å². The highest BCUT2D eigenvalue weighted by atomic mass is 19.1. The van der Waals surface area contributed by atoms with Crippen LogP contribution in [0.2, 0.25) is 0 Å². The van der Waals surface area contributed by atoms with Gasteiger partial charge in [0.25, 0.3) is 5.91 Å². The van der Waals surface area contributed by atoms with Gasteiger partial charge >= 0.3 is 5.97 Å². The Balaban J connectivity index is 1.61. The number of carboxylic acid groups (broad SMARTS) is 1. The van der Waals surface area contributed by atoms with E-state index in [2.05, 4.69) is 4.98 Å². The lowest BCUT2D eigenvalue weighted by atomic mass is 9.99. The second-order valence-corrected chi connectivity index (χ2v) is 5.97. The molecular formula is C18H17FN2O3. The lowest BCUT2D eigenvalue weighted by Crippen LogP contribution is -2.29. The Bertz CT molecular complexity index is 744. The summed E-state index contributed by atoms with van der Waals surface area (Å²) < 4.78 is 12.9. The number of hydrogen-bond donors (Lipinski definition) is 1. The van der Waals surface area contributed by atoms with Crippen molar-refractivity contribution in [2.45, 2.75) is 12.8 Å². The maximum atomic E-state index is 12.9. The second-order valence-electron chi connectivity index (χ2n) is 5.97. The van der Waals surface area contributed by atoms with E-state index < -0.39 is 5.97 Å². The minimum absolute atomic E-state index is 0.0813. The molecule has 6 heteroatoms. The molecule has 0 spiro atoms. The highest BCUT2D eigenvalue weighted by molar-refractivity contribution is 5.95. The molecule has 0 saturated carbocycles. The number of rotatable bonds is 4. The van der Waals surface area contributed by atoms with Gasteiger partial charge in [-0.25, -0.2) is 14.2 Å². The summed E-state index contributed by atoms with van der Waals surface area (Å²) in [5, 5.41) is 8.84. The van der Waals surface area contributed by atoms with Crippen molar-refractivity contribution in [1.29, 1.82) is 0 Å². The van der Waals surface area contributed by atoms with Crippen LogP contribution in [0.25, 0.3) is 0 Å². The van der Waals surface area contributed by atoms with Gasteiger partial charge in [0.1, 0.15) is 11.5 Å². The van der Waals surface area contributed by atoms with Crippen LogP contribution in [-0.4, -0.2) is 40.0 Å². The summed E-state index contributed by atoms with van der Waals surface area (Å²) in [4.78, 5) is 28.8. The van der Waals surface area contributed by atoms with Gasteiger partial charge in [-0.2, -0.15) is 0 Å². The molecular weight excluding hydrogens is 311 g/mol. The van der Waals surface area contributed by atoms with Crippen molar-refractivity contribution >= 4 is 11.9 Å². The fourth-order valence-electron chi connectivity index (χ4n) is 2.97. The molecule has 0 radical (unpaired) electrons. The molecule has 2 heterocycles. The minimum Gasteiger partial charge on any atom is -0.477 e. The van der Waals surface area contributed by atoms with Crippen molar-refractivity contribution < 1.29 is 19.1 Å². The van der Waals surface area contributed by atoms with Crippen molar-refractivity contribution in [1.82, 2.24) is 9.88 Å². The zero-order valence-electron chi connectivity index (χ0n) is 13.0. The molecule has 124 valence electrons. The third-order valence-electron chi connectivity index (χ3n) is 4.24. The number of nitrogens with zero attached hydrogens (tertiary/aromatic N) is 2. The Morgan fingerprint density at radius 1 is 1.21 bits per heavy atom. The zero-order valence-corrected chi connectivity index (χ0v) is 13.0. The quantitative estimate of drug-likeness (QED) is 0.936. The Labute approximate surface area is 138 Å². The molecule has 5 nitrogen and oxygen atoms in total. The molecule has 3 rings (SSSR count). The molecule has 1 aliphatic rings. The van der Waals surface area contributed by atoms with Gasteiger partial charge in [0.2, 0.25) is 0 Å². The summed E-state index contributed by atoms with van der Waals surface area (Å²) in [7, 11) is 0. The Kier molecular flexibility index (Phi) is 4.55. The summed E-state index contributed by atoms with van der Waals surface area (Å²) in [6.45, 7) is 1.29. The largest absolute Gasteiger partial charge is 0.477 e. The molecule has 0 bridgehead atoms. The van der Waals surface area contributed by atoms with Crippen LogP contribution in [0.1, 0.15) is 32.8 Å². The van der Waals surface area contributed by atoms with E-state index in [1.165, 1.54) is 30.5 Å². The number of carbonyl (C=O) groups excluding carboxylic acids is 1. The van der Waals surface area contributed by atoms with Crippen LogP contribution in [-0.2, 0) is 6.42 Å². The monoisotopic (exact) mass is 328 g/mol. The van der Waals surface area contributed by atoms with Crippen molar-refractivity contribution in [3.05, 3.63) is 65.2 Å². The number of hydrogen-bond acceptors (Lipinski definition) is 3. The van der Waals surface area contributed by atoms with Gasteiger partial charge in [-0.15, -0.1) is 0 Å². The van der Waals surface area contributed by atoms with Crippen LogP contribution in [0.4, 0.5) is 4.39 Å². The molecule has 1 N–H and O–H groups in total. The first-order valence-electron chi connectivity index (χ1n) is 7.76. The summed E-state index contributed by atoms with van der Waals surface area (Å²) in [6, 6.07) is 9.27. The maximum absolute atomic E-state index is 12.9. The number of benzene rings is 1. The number of pyridine rings is 1. The Morgan fingerprint density at radius 2 is 1.96 bits per heavy atom. The molecule has 2 aromatic rings. The van der Waals surface area contributed by atoms with E-state index in [0.717, 1.165) is 18.4 Å². The van der Waals surface area contributed by atoms with Crippen molar-refractivity contribution in [2.24, 2.45) is 5.92 Å². The molecule has 1 saturated heterocycles. The lowest BCUT2D eigenvalue weighted by molar-refractivity contribution is 0.0688. The third kappa shape index (κ3) is 3.59. The highest BCUT2D eigenvalue weighted by Crippen LogP contribution is 2.22. The van der Waals surface area contributed by atoms with E-state index in [1.54, 1.807) is 17.0 Å². The van der Waals surface area contributed by atoms with Gasteiger partial charge in [0.05, 0.1) is 5.56 Å². The molecule has 0 unspecified atom stereocenters. The van der Waals surface area contributed by atoms with Crippen molar-refractivity contribution in [3.63, 3.8) is 0 Å². The fraction of sp³-hybridized carbons (Fsp3) is 0.278. The molecule has 1 aromatic heterocycles. The molecule has 1 amide bonds. The average molecular weight is 328 g/mol. The van der Waals surface area contributed by atoms with Crippen LogP contribution >= 0.6 is 0 Å². The van der Waals surface area contributed by atoms with Crippen LogP contribution in [0, 0.1) is 11.7 Å². The summed E-state index contributed by atoms with van der Waals surface area (Å²) in [6.07, 6.45) is 3.00. The van der Waals surface area contributed by atoms with Crippen LogP contribution in [0.15, 0.2) is 42.6 Å². The van der Waals surface area contributed by atoms with E-state index in [4.69, 9.17) is 5.11 Å². The lowest BCUT2D eigenvalue weighted by Gasteiger charge is -2.16. The van der Waals surface area contributed by atoms with E-state index in [-0.39, 0.29) is 17.4 Å². The SMILES string of the molecule is O=C(O)c1ccc(C(=O)N2CC[C@H](Cc3ccc(F)cc3)C2)cn1. The first kappa shape index (κ1) is 16.1. The van der Waals surface area contributed by atoms with Gasteiger partial charge in [-0.05, 0) is 48.6 Å². The van der Waals surface area contributed by atoms with E-state index in [0.29, 0.717) is 24.6 Å². The predicted molar refractivity (Wildman–Crippen MR) is 85.3 cm³/mol. The Morgan fingerprint density at radius 3 is 2.58 bits per heavy atom. The first-order chi connectivity index (χ1) is 11.5. The number of halogens is 1. The number of carbonyl (C=O) groups is 2. The van der Waals surface area contributed by atoms with Gasteiger partial charge in [-0.3, -0.25) is 4.79 Å². The summed E-state index contributed by atoms with van der Waals surface area (Å²) in [5.41, 5.74) is 1.37. The van der Waals surface area contributed by atoms with Crippen LogP contribution in [0.5, 0.6) is 0 Å². The minimum atomic E-state index is -1.12. The molecule has 1 aliphatic heterocycles. The normalized spacial score (nSPS) is 17.0. The van der Waals surface area contributed by atoms with E-state index in [1.807, 2.05) is 0 Å². The van der Waals surface area contributed by atoms with Gasteiger partial charge in [0.15, 0.2) is 0 Å². The van der Waals surface area contributed by atoms with E-state index in [9.17, 15) is 14.0 Å². The maximum Gasteiger partial charge on any atom is 0.354 e. The molecule has 24 heavy (non-hydrogen) atoms. The van der Waals surface area contributed by atoms with Crippen molar-refractivity contribution in [2.75, 3.05) is 13.1 Å². The van der Waals surface area contributed by atoms with Crippen LogP contribution < -0.4 is 0 Å². The number of amides is 1. The number of carboxylic acids is 1. The average Bonchev–Trinajstić information content (AvgIpc) is 3.05. The van der Waals surface area contributed by atoms with Gasteiger partial charge in [0, 0.05) is 19.3 Å². The fourth-order valence-corrected chi connectivity index (χ4v) is 2.97. The number of likely N-dealkylation sites (tertiary alicyclic amines) is 1.